The van der Waals surface area contributed by atoms with Gasteiger partial charge in [0, 0.05) is 5.57 Å². The van der Waals surface area contributed by atoms with Gasteiger partial charge in [-0.3, -0.25) is 0 Å². The third-order valence-corrected chi connectivity index (χ3v) is 8.26. The molecule has 0 aromatic rings. The summed E-state index contributed by atoms with van der Waals surface area (Å²) in [7, 11) is 0. The van der Waals surface area contributed by atoms with Gasteiger partial charge in [-0.2, -0.15) is 0 Å². The Kier molecular flexibility index (Phi) is 25.4. The Balaban J connectivity index is 1.86. The average molecular weight is 615 g/mol. The number of hydrogen-bond acceptors (Lipinski definition) is 8. The SMILES string of the molecule is CCCCCCCCCC[C@H](O)COC[C@H](O)[C@@H](O)COC[C@@H](O)CCCCCCCCCCCCC1=C[C@H](C)OC1=O. The summed E-state index contributed by atoms with van der Waals surface area (Å²) in [4.78, 5) is 11.6. The van der Waals surface area contributed by atoms with Crippen LogP contribution in [0.2, 0.25) is 0 Å². The van der Waals surface area contributed by atoms with E-state index in [1.54, 1.807) is 0 Å². The predicted octanol–water partition coefficient (Wildman–Crippen LogP) is 6.55. The van der Waals surface area contributed by atoms with Crippen molar-refractivity contribution in [1.29, 1.82) is 0 Å². The zero-order chi connectivity index (χ0) is 31.5. The number of carbonyl (C=O) groups excluding carboxylic acids is 1. The summed E-state index contributed by atoms with van der Waals surface area (Å²) < 4.78 is 15.9. The van der Waals surface area contributed by atoms with Crippen LogP contribution < -0.4 is 0 Å². The molecule has 0 aliphatic carbocycles. The Hall–Kier alpha value is -1.03. The first-order chi connectivity index (χ1) is 20.8. The minimum absolute atomic E-state index is 0.0581. The van der Waals surface area contributed by atoms with E-state index in [1.165, 1.54) is 77.0 Å². The first kappa shape index (κ1) is 40.0. The van der Waals surface area contributed by atoms with Crippen LogP contribution in [0.15, 0.2) is 11.6 Å². The molecule has 0 aromatic heterocycles. The molecule has 0 unspecified atom stereocenters. The number of rotatable bonds is 31. The molecular formula is C35H66O8. The van der Waals surface area contributed by atoms with Crippen molar-refractivity contribution in [2.75, 3.05) is 26.4 Å². The van der Waals surface area contributed by atoms with E-state index in [1.807, 2.05) is 13.0 Å². The Morgan fingerprint density at radius 2 is 1.02 bits per heavy atom. The molecule has 0 fully saturated rings. The van der Waals surface area contributed by atoms with Crippen LogP contribution in [0.4, 0.5) is 0 Å². The van der Waals surface area contributed by atoms with E-state index in [0.29, 0.717) is 12.8 Å². The van der Waals surface area contributed by atoms with Crippen LogP contribution >= 0.6 is 0 Å². The monoisotopic (exact) mass is 614 g/mol. The molecule has 8 nitrogen and oxygen atoms in total. The van der Waals surface area contributed by atoms with E-state index in [2.05, 4.69) is 6.92 Å². The summed E-state index contributed by atoms with van der Waals surface area (Å²) in [5.74, 6) is -0.139. The molecule has 0 saturated heterocycles. The van der Waals surface area contributed by atoms with E-state index in [-0.39, 0.29) is 38.5 Å². The Labute approximate surface area is 262 Å². The Bertz CT molecular complexity index is 685. The van der Waals surface area contributed by atoms with E-state index >= 15 is 0 Å². The summed E-state index contributed by atoms with van der Waals surface area (Å²) in [6.45, 7) is 4.29. The number of esters is 1. The van der Waals surface area contributed by atoms with Gasteiger partial charge in [0.2, 0.25) is 0 Å². The molecule has 0 amide bonds. The van der Waals surface area contributed by atoms with Crippen molar-refractivity contribution in [3.63, 3.8) is 0 Å². The second-order valence-electron chi connectivity index (χ2n) is 12.7. The summed E-state index contributed by atoms with van der Waals surface area (Å²) >= 11 is 0. The van der Waals surface area contributed by atoms with Gasteiger partial charge in [0.25, 0.3) is 0 Å². The smallest absolute Gasteiger partial charge is 0.334 e. The maximum atomic E-state index is 11.6. The van der Waals surface area contributed by atoms with Crippen molar-refractivity contribution >= 4 is 5.97 Å². The van der Waals surface area contributed by atoms with Crippen molar-refractivity contribution in [1.82, 2.24) is 0 Å². The van der Waals surface area contributed by atoms with E-state index in [0.717, 1.165) is 50.5 Å². The van der Waals surface area contributed by atoms with Crippen LogP contribution in [0.5, 0.6) is 0 Å². The standard InChI is InChI=1S/C35H66O8/c1-3-4-5-6-7-13-16-19-22-31(36)25-41-27-33(38)34(39)28-42-26-32(37)23-20-17-14-11-9-8-10-12-15-18-21-30-24-29(2)43-35(30)40/h24,29,31-34,36-39H,3-23,25-28H2,1-2H3/t29-,31-,32-,33-,34-/m0/s1. The van der Waals surface area contributed by atoms with Gasteiger partial charge in [-0.25, -0.2) is 4.79 Å². The van der Waals surface area contributed by atoms with Crippen LogP contribution in [0, 0.1) is 0 Å². The molecule has 254 valence electrons. The van der Waals surface area contributed by atoms with Gasteiger partial charge in [0.1, 0.15) is 18.3 Å². The van der Waals surface area contributed by atoms with Crippen LogP contribution in [-0.4, -0.2) is 83.3 Å². The van der Waals surface area contributed by atoms with Crippen molar-refractivity contribution in [2.45, 2.75) is 179 Å². The first-order valence-corrected chi connectivity index (χ1v) is 17.6. The number of unbranched alkanes of at least 4 members (excludes halogenated alkanes) is 16. The van der Waals surface area contributed by atoms with Crippen LogP contribution in [0.25, 0.3) is 0 Å². The van der Waals surface area contributed by atoms with E-state index in [4.69, 9.17) is 14.2 Å². The van der Waals surface area contributed by atoms with Gasteiger partial charge in [0.15, 0.2) is 0 Å². The molecular weight excluding hydrogens is 548 g/mol. The molecule has 1 aliphatic heterocycles. The fraction of sp³-hybridized carbons (Fsp3) is 0.914. The number of cyclic esters (lactones) is 1. The molecule has 0 spiro atoms. The van der Waals surface area contributed by atoms with Gasteiger partial charge in [-0.1, -0.05) is 116 Å². The molecule has 1 rings (SSSR count). The van der Waals surface area contributed by atoms with E-state index in [9.17, 15) is 25.2 Å². The average Bonchev–Trinajstić information content (AvgIpc) is 3.30. The van der Waals surface area contributed by atoms with Gasteiger partial charge in [0.05, 0.1) is 38.6 Å². The van der Waals surface area contributed by atoms with Crippen LogP contribution in [-0.2, 0) is 19.0 Å². The highest BCUT2D eigenvalue weighted by molar-refractivity contribution is 5.90. The van der Waals surface area contributed by atoms with Crippen molar-refractivity contribution < 1.29 is 39.4 Å². The zero-order valence-corrected chi connectivity index (χ0v) is 27.6. The molecule has 0 aromatic carbocycles. The third-order valence-electron chi connectivity index (χ3n) is 8.26. The molecule has 0 bridgehead atoms. The van der Waals surface area contributed by atoms with Crippen molar-refractivity contribution in [3.05, 3.63) is 11.6 Å². The van der Waals surface area contributed by atoms with Gasteiger partial charge in [-0.05, 0) is 38.7 Å². The largest absolute Gasteiger partial charge is 0.455 e. The molecule has 43 heavy (non-hydrogen) atoms. The van der Waals surface area contributed by atoms with E-state index < -0.39 is 24.4 Å². The summed E-state index contributed by atoms with van der Waals surface area (Å²) in [5, 5.41) is 40.4. The predicted molar refractivity (Wildman–Crippen MR) is 172 cm³/mol. The fourth-order valence-electron chi connectivity index (χ4n) is 5.48. The third kappa shape index (κ3) is 23.0. The Morgan fingerprint density at radius 3 is 1.42 bits per heavy atom. The topological polar surface area (TPSA) is 126 Å². The minimum Gasteiger partial charge on any atom is -0.455 e. The highest BCUT2D eigenvalue weighted by Gasteiger charge is 2.21. The molecule has 5 atom stereocenters. The molecule has 4 N–H and O–H groups in total. The minimum atomic E-state index is -1.09. The lowest BCUT2D eigenvalue weighted by atomic mass is 10.0. The molecule has 0 saturated carbocycles. The molecule has 8 heteroatoms. The quantitative estimate of drug-likeness (QED) is 0.0512. The zero-order valence-electron chi connectivity index (χ0n) is 27.6. The summed E-state index contributed by atoms with van der Waals surface area (Å²) in [6.07, 6.45) is 22.1. The highest BCUT2D eigenvalue weighted by atomic mass is 16.5. The maximum absolute atomic E-state index is 11.6. The van der Waals surface area contributed by atoms with Crippen LogP contribution in [0.3, 0.4) is 0 Å². The number of hydrogen-bond donors (Lipinski definition) is 4. The fourth-order valence-corrected chi connectivity index (χ4v) is 5.48. The summed E-state index contributed by atoms with van der Waals surface area (Å²) in [6, 6.07) is 0. The van der Waals surface area contributed by atoms with Gasteiger partial charge >= 0.3 is 5.97 Å². The highest BCUT2D eigenvalue weighted by Crippen LogP contribution is 2.20. The normalized spacial score (nSPS) is 18.0. The lowest BCUT2D eigenvalue weighted by Crippen LogP contribution is -2.36. The Morgan fingerprint density at radius 1 is 0.628 bits per heavy atom. The first-order valence-electron chi connectivity index (χ1n) is 17.6. The maximum Gasteiger partial charge on any atom is 0.334 e. The van der Waals surface area contributed by atoms with Gasteiger partial charge < -0.3 is 34.6 Å². The van der Waals surface area contributed by atoms with Crippen molar-refractivity contribution in [3.8, 4) is 0 Å². The lowest BCUT2D eigenvalue weighted by molar-refractivity contribution is -0.139. The molecule has 1 heterocycles. The van der Waals surface area contributed by atoms with Crippen LogP contribution in [0.1, 0.15) is 149 Å². The number of ether oxygens (including phenoxy) is 3. The number of aliphatic hydroxyl groups is 4. The van der Waals surface area contributed by atoms with Crippen molar-refractivity contribution in [2.24, 2.45) is 0 Å². The molecule has 1 aliphatic rings. The molecule has 0 radical (unpaired) electrons. The second kappa shape index (κ2) is 27.3. The number of carbonyl (C=O) groups is 1. The summed E-state index contributed by atoms with van der Waals surface area (Å²) in [5.41, 5.74) is 0.845. The second-order valence-corrected chi connectivity index (χ2v) is 12.7. The number of aliphatic hydroxyl groups excluding tert-OH is 4. The lowest BCUT2D eigenvalue weighted by Gasteiger charge is -2.20. The van der Waals surface area contributed by atoms with Gasteiger partial charge in [-0.15, -0.1) is 0 Å².